The molecule has 0 unspecified atom stereocenters. The molecule has 13 heavy (non-hydrogen) atoms. The summed E-state index contributed by atoms with van der Waals surface area (Å²) in [6, 6.07) is 1.28. The summed E-state index contributed by atoms with van der Waals surface area (Å²) in [5, 5.41) is 9.25. The summed E-state index contributed by atoms with van der Waals surface area (Å²) < 4.78 is 0. The summed E-state index contributed by atoms with van der Waals surface area (Å²) in [4.78, 5) is 2.54. The Morgan fingerprint density at radius 2 is 2.00 bits per heavy atom. The zero-order chi connectivity index (χ0) is 9.84. The van der Waals surface area contributed by atoms with Crippen LogP contribution >= 0.6 is 0 Å². The minimum absolute atomic E-state index is 0.0205. The summed E-state index contributed by atoms with van der Waals surface area (Å²) in [6.07, 6.45) is 4.50. The van der Waals surface area contributed by atoms with Gasteiger partial charge in [0.1, 0.15) is 0 Å². The van der Waals surface area contributed by atoms with Crippen LogP contribution in [-0.2, 0) is 0 Å². The highest BCUT2D eigenvalue weighted by atomic mass is 16.3. The van der Waals surface area contributed by atoms with Gasteiger partial charge < -0.3 is 5.11 Å². The van der Waals surface area contributed by atoms with E-state index in [1.165, 1.54) is 19.4 Å². The SMILES string of the molecule is CCCCN(C(C)C)[C@H]1C[C@H](O)C1. The van der Waals surface area contributed by atoms with Gasteiger partial charge in [-0.1, -0.05) is 13.3 Å². The zero-order valence-corrected chi connectivity index (χ0v) is 9.16. The molecule has 0 aromatic heterocycles. The van der Waals surface area contributed by atoms with Gasteiger partial charge in [-0.3, -0.25) is 4.90 Å². The van der Waals surface area contributed by atoms with Gasteiger partial charge in [0, 0.05) is 12.1 Å². The third kappa shape index (κ3) is 2.96. The lowest BCUT2D eigenvalue weighted by atomic mass is 9.87. The third-order valence-electron chi connectivity index (χ3n) is 2.99. The van der Waals surface area contributed by atoms with Gasteiger partial charge in [-0.15, -0.1) is 0 Å². The molecule has 0 atom stereocenters. The monoisotopic (exact) mass is 185 g/mol. The van der Waals surface area contributed by atoms with Crippen molar-refractivity contribution in [3.8, 4) is 0 Å². The quantitative estimate of drug-likeness (QED) is 0.708. The molecular weight excluding hydrogens is 162 g/mol. The summed E-state index contributed by atoms with van der Waals surface area (Å²) in [6.45, 7) is 7.93. The van der Waals surface area contributed by atoms with Crippen LogP contribution < -0.4 is 0 Å². The number of unbranched alkanes of at least 4 members (excludes halogenated alkanes) is 1. The molecule has 0 aliphatic heterocycles. The highest BCUT2D eigenvalue weighted by Crippen LogP contribution is 2.27. The maximum atomic E-state index is 9.25. The van der Waals surface area contributed by atoms with Crippen LogP contribution in [0.3, 0.4) is 0 Å². The van der Waals surface area contributed by atoms with E-state index in [-0.39, 0.29) is 6.10 Å². The van der Waals surface area contributed by atoms with Crippen LogP contribution in [0.2, 0.25) is 0 Å². The molecule has 0 radical (unpaired) electrons. The fraction of sp³-hybridized carbons (Fsp3) is 1.00. The van der Waals surface area contributed by atoms with Crippen molar-refractivity contribution in [2.45, 2.75) is 64.6 Å². The van der Waals surface area contributed by atoms with Gasteiger partial charge in [0.2, 0.25) is 0 Å². The molecule has 1 aliphatic rings. The lowest BCUT2D eigenvalue weighted by Crippen LogP contribution is -2.50. The van der Waals surface area contributed by atoms with E-state index in [1.54, 1.807) is 0 Å². The highest BCUT2D eigenvalue weighted by molar-refractivity contribution is 4.88. The van der Waals surface area contributed by atoms with Crippen molar-refractivity contribution in [3.05, 3.63) is 0 Å². The average Bonchev–Trinajstić information content (AvgIpc) is 2.01. The normalized spacial score (nSPS) is 28.2. The molecule has 1 N–H and O–H groups in total. The van der Waals surface area contributed by atoms with E-state index in [2.05, 4.69) is 25.7 Å². The van der Waals surface area contributed by atoms with Crippen LogP contribution in [0, 0.1) is 0 Å². The summed E-state index contributed by atoms with van der Waals surface area (Å²) >= 11 is 0. The number of nitrogens with zero attached hydrogens (tertiary/aromatic N) is 1. The lowest BCUT2D eigenvalue weighted by Gasteiger charge is -2.43. The van der Waals surface area contributed by atoms with Gasteiger partial charge >= 0.3 is 0 Å². The number of aliphatic hydroxyl groups excluding tert-OH is 1. The highest BCUT2D eigenvalue weighted by Gasteiger charge is 2.32. The van der Waals surface area contributed by atoms with Crippen LogP contribution in [0.1, 0.15) is 46.5 Å². The lowest BCUT2D eigenvalue weighted by molar-refractivity contribution is -0.0116. The van der Waals surface area contributed by atoms with E-state index in [0.717, 1.165) is 12.8 Å². The summed E-state index contributed by atoms with van der Waals surface area (Å²) in [5.74, 6) is 0. The molecule has 0 saturated heterocycles. The Hall–Kier alpha value is -0.0800. The molecule has 78 valence electrons. The first-order valence-corrected chi connectivity index (χ1v) is 5.59. The molecular formula is C11H23NO. The molecule has 0 heterocycles. The van der Waals surface area contributed by atoms with E-state index in [9.17, 15) is 5.11 Å². The van der Waals surface area contributed by atoms with Crippen molar-refractivity contribution in [1.29, 1.82) is 0 Å². The van der Waals surface area contributed by atoms with Crippen LogP contribution in [-0.4, -0.2) is 34.7 Å². The molecule has 2 heteroatoms. The molecule has 1 saturated carbocycles. The predicted molar refractivity (Wildman–Crippen MR) is 55.8 cm³/mol. The van der Waals surface area contributed by atoms with Crippen LogP contribution in [0.5, 0.6) is 0 Å². The number of hydrogen-bond donors (Lipinski definition) is 1. The van der Waals surface area contributed by atoms with Crippen LogP contribution in [0.15, 0.2) is 0 Å². The van der Waals surface area contributed by atoms with Crippen molar-refractivity contribution in [1.82, 2.24) is 4.90 Å². The topological polar surface area (TPSA) is 23.5 Å². The Morgan fingerprint density at radius 3 is 2.38 bits per heavy atom. The van der Waals surface area contributed by atoms with Crippen LogP contribution in [0.25, 0.3) is 0 Å². The first-order chi connectivity index (χ1) is 6.15. The second-order valence-corrected chi connectivity index (χ2v) is 4.46. The van der Waals surface area contributed by atoms with Crippen molar-refractivity contribution in [3.63, 3.8) is 0 Å². The summed E-state index contributed by atoms with van der Waals surface area (Å²) in [5.41, 5.74) is 0. The van der Waals surface area contributed by atoms with Crippen molar-refractivity contribution < 1.29 is 5.11 Å². The van der Waals surface area contributed by atoms with Crippen molar-refractivity contribution in [2.24, 2.45) is 0 Å². The second-order valence-electron chi connectivity index (χ2n) is 4.46. The number of hydrogen-bond acceptors (Lipinski definition) is 2. The van der Waals surface area contributed by atoms with Crippen molar-refractivity contribution in [2.75, 3.05) is 6.54 Å². The van der Waals surface area contributed by atoms with E-state index in [4.69, 9.17) is 0 Å². The van der Waals surface area contributed by atoms with Gasteiger partial charge in [-0.25, -0.2) is 0 Å². The molecule has 0 spiro atoms. The third-order valence-corrected chi connectivity index (χ3v) is 2.99. The van der Waals surface area contributed by atoms with E-state index >= 15 is 0 Å². The van der Waals surface area contributed by atoms with E-state index in [0.29, 0.717) is 12.1 Å². The Morgan fingerprint density at radius 1 is 1.38 bits per heavy atom. The van der Waals surface area contributed by atoms with Gasteiger partial charge in [-0.2, -0.15) is 0 Å². The predicted octanol–water partition coefficient (Wildman–Crippen LogP) is 2.02. The zero-order valence-electron chi connectivity index (χ0n) is 9.16. The molecule has 1 fully saturated rings. The van der Waals surface area contributed by atoms with Gasteiger partial charge in [-0.05, 0) is 39.7 Å². The number of aliphatic hydroxyl groups is 1. The molecule has 0 aromatic carbocycles. The fourth-order valence-electron chi connectivity index (χ4n) is 2.03. The molecule has 2 nitrogen and oxygen atoms in total. The van der Waals surface area contributed by atoms with Gasteiger partial charge in [0.05, 0.1) is 6.10 Å². The molecule has 1 rings (SSSR count). The summed E-state index contributed by atoms with van der Waals surface area (Å²) in [7, 11) is 0. The average molecular weight is 185 g/mol. The molecule has 0 bridgehead atoms. The Kier molecular flexibility index (Phi) is 4.20. The minimum atomic E-state index is -0.0205. The largest absolute Gasteiger partial charge is 0.393 e. The Bertz CT molecular complexity index is 141. The molecule has 0 amide bonds. The van der Waals surface area contributed by atoms with Gasteiger partial charge in [0.15, 0.2) is 0 Å². The minimum Gasteiger partial charge on any atom is -0.393 e. The Labute approximate surface area is 81.9 Å². The first kappa shape index (κ1) is 11.0. The van der Waals surface area contributed by atoms with Gasteiger partial charge in [0.25, 0.3) is 0 Å². The Balaban J connectivity index is 2.30. The number of rotatable bonds is 5. The maximum Gasteiger partial charge on any atom is 0.0570 e. The smallest absolute Gasteiger partial charge is 0.0570 e. The second kappa shape index (κ2) is 4.97. The molecule has 0 aromatic rings. The van der Waals surface area contributed by atoms with Crippen LogP contribution in [0.4, 0.5) is 0 Å². The maximum absolute atomic E-state index is 9.25. The van der Waals surface area contributed by atoms with E-state index in [1.807, 2.05) is 0 Å². The fourth-order valence-corrected chi connectivity index (χ4v) is 2.03. The first-order valence-electron chi connectivity index (χ1n) is 5.59. The van der Waals surface area contributed by atoms with Crippen molar-refractivity contribution >= 4 is 0 Å². The molecule has 1 aliphatic carbocycles. The standard InChI is InChI=1S/C11H23NO/c1-4-5-6-12(9(2)3)10-7-11(13)8-10/h9-11,13H,4-8H2,1-3H3/t10-,11-. The van der Waals surface area contributed by atoms with E-state index < -0.39 is 0 Å².